The van der Waals surface area contributed by atoms with E-state index in [4.69, 9.17) is 0 Å². The minimum absolute atomic E-state index is 0.144. The zero-order valence-electron chi connectivity index (χ0n) is 35.0. The van der Waals surface area contributed by atoms with E-state index < -0.39 is 0 Å². The molecule has 1 heteroatoms. The van der Waals surface area contributed by atoms with Crippen LogP contribution in [0.3, 0.4) is 0 Å². The highest BCUT2D eigenvalue weighted by atomic mass is 15.1. The first-order valence-electron chi connectivity index (χ1n) is 21.6. The van der Waals surface area contributed by atoms with Gasteiger partial charge < -0.3 is 4.90 Å². The summed E-state index contributed by atoms with van der Waals surface area (Å²) in [6.07, 6.45) is 0. The lowest BCUT2D eigenvalue weighted by Crippen LogP contribution is -2.16. The van der Waals surface area contributed by atoms with Gasteiger partial charge in [0, 0.05) is 22.4 Å². The first-order valence-corrected chi connectivity index (χ1v) is 21.6. The summed E-state index contributed by atoms with van der Waals surface area (Å²) in [4.78, 5) is 2.47. The Morgan fingerprint density at radius 1 is 0.306 bits per heavy atom. The number of hydrogen-bond acceptors (Lipinski definition) is 1. The Bertz CT molecular complexity index is 3250. The number of hydrogen-bond donors (Lipinski definition) is 0. The first kappa shape index (κ1) is 37.3. The van der Waals surface area contributed by atoms with E-state index in [-0.39, 0.29) is 5.41 Å². The molecule has 0 fully saturated rings. The predicted octanol–water partition coefficient (Wildman–Crippen LogP) is 17.0. The molecule has 1 aliphatic rings. The minimum atomic E-state index is -0.144. The summed E-state index contributed by atoms with van der Waals surface area (Å²) in [5.74, 6) is 0. The van der Waals surface area contributed by atoms with Crippen molar-refractivity contribution >= 4 is 27.8 Å². The molecule has 1 aliphatic carbocycles. The molecule has 10 aromatic rings. The number of nitrogens with zero attached hydrogens (tertiary/aromatic N) is 1. The molecule has 0 heterocycles. The van der Waals surface area contributed by atoms with Gasteiger partial charge in [-0.25, -0.2) is 0 Å². The van der Waals surface area contributed by atoms with Crippen molar-refractivity contribution in [2.75, 3.05) is 4.90 Å². The molecule has 0 N–H and O–H groups in total. The third-order valence-corrected chi connectivity index (χ3v) is 12.9. The molecule has 0 saturated heterocycles. The molecular weight excluding hydrogens is 747 g/mol. The molecule has 0 radical (unpaired) electrons. The van der Waals surface area contributed by atoms with Gasteiger partial charge in [-0.2, -0.15) is 0 Å². The van der Waals surface area contributed by atoms with Crippen LogP contribution in [0.25, 0.3) is 77.5 Å². The van der Waals surface area contributed by atoms with Gasteiger partial charge in [-0.05, 0) is 119 Å². The monoisotopic (exact) mass is 791 g/mol. The summed E-state index contributed by atoms with van der Waals surface area (Å²) in [7, 11) is 0. The van der Waals surface area contributed by atoms with Crippen LogP contribution in [0.2, 0.25) is 0 Å². The highest BCUT2D eigenvalue weighted by molar-refractivity contribution is 6.01. The van der Waals surface area contributed by atoms with Crippen LogP contribution in [0.4, 0.5) is 17.1 Å². The van der Waals surface area contributed by atoms with Crippen LogP contribution in [-0.4, -0.2) is 0 Å². The second-order valence-electron chi connectivity index (χ2n) is 16.9. The van der Waals surface area contributed by atoms with Crippen LogP contribution in [0.15, 0.2) is 237 Å². The van der Waals surface area contributed by atoms with Gasteiger partial charge in [0.1, 0.15) is 0 Å². The van der Waals surface area contributed by atoms with Crippen molar-refractivity contribution in [3.63, 3.8) is 0 Å². The average Bonchev–Trinajstić information content (AvgIpc) is 3.58. The quantitative estimate of drug-likeness (QED) is 0.148. The number of anilines is 3. The summed E-state index contributed by atoms with van der Waals surface area (Å²) in [6, 6.07) is 86.7. The van der Waals surface area contributed by atoms with Crippen LogP contribution in [0.1, 0.15) is 25.0 Å². The van der Waals surface area contributed by atoms with Crippen molar-refractivity contribution in [3.8, 4) is 66.8 Å². The zero-order chi connectivity index (χ0) is 41.6. The van der Waals surface area contributed by atoms with E-state index in [9.17, 15) is 0 Å². The minimum Gasteiger partial charge on any atom is -0.310 e. The van der Waals surface area contributed by atoms with Crippen molar-refractivity contribution in [2.45, 2.75) is 19.3 Å². The predicted molar refractivity (Wildman–Crippen MR) is 263 cm³/mol. The second-order valence-corrected chi connectivity index (χ2v) is 16.9. The van der Waals surface area contributed by atoms with Crippen molar-refractivity contribution < 1.29 is 0 Å². The first-order chi connectivity index (χ1) is 30.5. The summed E-state index contributed by atoms with van der Waals surface area (Å²) in [5, 5.41) is 2.49. The molecule has 0 amide bonds. The Labute approximate surface area is 364 Å². The Morgan fingerprint density at radius 2 is 0.855 bits per heavy atom. The number of fused-ring (bicyclic) bond motifs is 4. The van der Waals surface area contributed by atoms with Crippen molar-refractivity contribution in [1.29, 1.82) is 0 Å². The molecule has 11 rings (SSSR count). The molecular formula is C61H45N. The Morgan fingerprint density at radius 3 is 1.63 bits per heavy atom. The molecule has 0 spiro atoms. The molecule has 0 unspecified atom stereocenters. The molecule has 10 aromatic carbocycles. The maximum atomic E-state index is 2.47. The molecule has 0 saturated carbocycles. The fraction of sp³-hybridized carbons (Fsp3) is 0.0492. The molecule has 62 heavy (non-hydrogen) atoms. The summed E-state index contributed by atoms with van der Waals surface area (Å²) >= 11 is 0. The van der Waals surface area contributed by atoms with Crippen molar-refractivity contribution in [3.05, 3.63) is 248 Å². The number of rotatable bonds is 8. The highest BCUT2D eigenvalue weighted by Gasteiger charge is 2.37. The van der Waals surface area contributed by atoms with E-state index in [1.54, 1.807) is 0 Å². The fourth-order valence-corrected chi connectivity index (χ4v) is 9.94. The topological polar surface area (TPSA) is 3.24 Å². The third-order valence-electron chi connectivity index (χ3n) is 12.9. The summed E-state index contributed by atoms with van der Waals surface area (Å²) in [5.41, 5.74) is 20.5. The Hall–Kier alpha value is -7.74. The maximum Gasteiger partial charge on any atom is 0.0546 e. The molecule has 1 nitrogen and oxygen atoms in total. The van der Waals surface area contributed by atoms with Crippen LogP contribution < -0.4 is 4.90 Å². The van der Waals surface area contributed by atoms with Gasteiger partial charge in [0.05, 0.1) is 5.69 Å². The van der Waals surface area contributed by atoms with Crippen LogP contribution in [0.5, 0.6) is 0 Å². The van der Waals surface area contributed by atoms with Gasteiger partial charge in [0.2, 0.25) is 0 Å². The van der Waals surface area contributed by atoms with Crippen molar-refractivity contribution in [1.82, 2.24) is 0 Å². The fourth-order valence-electron chi connectivity index (χ4n) is 9.94. The van der Waals surface area contributed by atoms with Gasteiger partial charge in [0.25, 0.3) is 0 Å². The van der Waals surface area contributed by atoms with E-state index in [1.807, 2.05) is 0 Å². The lowest BCUT2D eigenvalue weighted by Gasteiger charge is -2.31. The van der Waals surface area contributed by atoms with Crippen molar-refractivity contribution in [2.24, 2.45) is 0 Å². The molecule has 294 valence electrons. The van der Waals surface area contributed by atoms with E-state index in [2.05, 4.69) is 255 Å². The largest absolute Gasteiger partial charge is 0.310 e. The molecule has 0 aliphatic heterocycles. The van der Waals surface area contributed by atoms with Gasteiger partial charge in [0.15, 0.2) is 0 Å². The van der Waals surface area contributed by atoms with Gasteiger partial charge >= 0.3 is 0 Å². The van der Waals surface area contributed by atoms with Crippen LogP contribution in [0, 0.1) is 0 Å². The van der Waals surface area contributed by atoms with Crippen LogP contribution in [-0.2, 0) is 5.41 Å². The SMILES string of the molecule is CC1(C)c2ccccc2-c2cccc(-c3cccc(N(c4ccc(-c5ccc6ccccc6c5)cc4)c4cccc(-c5ccccc5)c4-c4ccccc4-c4ccccc4)c3)c21. The maximum absolute atomic E-state index is 2.47. The zero-order valence-corrected chi connectivity index (χ0v) is 35.0. The molecule has 0 atom stereocenters. The van der Waals surface area contributed by atoms with Gasteiger partial charge in [-0.1, -0.05) is 214 Å². The standard InChI is InChI=1S/C61H45N/c1-61(2)57-32-14-13-27-54(57)56-31-16-30-53(60(56)61)48-24-15-25-50(41-48)62(49-38-36-43(37-39-49)47-35-34-42-18-9-10-23-46(42)40-47)58-33-17-29-52(45-21-7-4-8-22-45)59(58)55-28-12-11-26-51(55)44-19-5-3-6-20-44/h3-41H,1-2H3. The molecule has 0 bridgehead atoms. The van der Waals surface area contributed by atoms with E-state index in [0.717, 1.165) is 17.1 Å². The highest BCUT2D eigenvalue weighted by Crippen LogP contribution is 2.53. The normalized spacial score (nSPS) is 12.5. The Kier molecular flexibility index (Phi) is 9.24. The smallest absolute Gasteiger partial charge is 0.0546 e. The Balaban J connectivity index is 1.14. The summed E-state index contributed by atoms with van der Waals surface area (Å²) < 4.78 is 0. The third kappa shape index (κ3) is 6.42. The van der Waals surface area contributed by atoms with Gasteiger partial charge in [-0.3, -0.25) is 0 Å². The second kappa shape index (κ2) is 15.4. The van der Waals surface area contributed by atoms with Crippen LogP contribution >= 0.6 is 0 Å². The lowest BCUT2D eigenvalue weighted by molar-refractivity contribution is 0.662. The lowest BCUT2D eigenvalue weighted by atomic mass is 9.79. The number of benzene rings is 10. The average molecular weight is 792 g/mol. The van der Waals surface area contributed by atoms with E-state index >= 15 is 0 Å². The van der Waals surface area contributed by atoms with E-state index in [1.165, 1.54) is 88.7 Å². The molecule has 0 aromatic heterocycles. The van der Waals surface area contributed by atoms with E-state index in [0.29, 0.717) is 0 Å². The van der Waals surface area contributed by atoms with Gasteiger partial charge in [-0.15, -0.1) is 0 Å². The summed E-state index contributed by atoms with van der Waals surface area (Å²) in [6.45, 7) is 4.75.